The monoisotopic (exact) mass is 276 g/mol. The van der Waals surface area contributed by atoms with Crippen molar-refractivity contribution in [2.45, 2.75) is 0 Å². The summed E-state index contributed by atoms with van der Waals surface area (Å²) in [4.78, 5) is 11.9. The highest BCUT2D eigenvalue weighted by atomic mass is 35.5. The van der Waals surface area contributed by atoms with Gasteiger partial charge in [-0.1, -0.05) is 11.6 Å². The van der Waals surface area contributed by atoms with Gasteiger partial charge in [-0.05, 0) is 24.3 Å². The first-order valence-electron chi connectivity index (χ1n) is 5.53. The number of aromatic hydroxyl groups is 1. The molecule has 1 aromatic heterocycles. The van der Waals surface area contributed by atoms with Crippen LogP contribution in [-0.4, -0.2) is 12.2 Å². The Balaban J connectivity index is 2.59. The minimum Gasteiger partial charge on any atom is -0.508 e. The van der Waals surface area contributed by atoms with Crippen molar-refractivity contribution in [3.05, 3.63) is 45.8 Å². The Kier molecular flexibility index (Phi) is 2.61. The van der Waals surface area contributed by atoms with E-state index >= 15 is 0 Å². The molecule has 3 aromatic rings. The van der Waals surface area contributed by atoms with Crippen molar-refractivity contribution in [3.8, 4) is 11.5 Å². The molecular formula is C14H9ClO4. The Morgan fingerprint density at radius 2 is 2.00 bits per heavy atom. The summed E-state index contributed by atoms with van der Waals surface area (Å²) in [5.74, 6) is 0.562. The number of methoxy groups -OCH3 is 1. The Morgan fingerprint density at radius 3 is 2.74 bits per heavy atom. The molecule has 1 N–H and O–H groups in total. The van der Waals surface area contributed by atoms with Crippen LogP contribution in [0.1, 0.15) is 0 Å². The van der Waals surface area contributed by atoms with Gasteiger partial charge >= 0.3 is 5.63 Å². The highest BCUT2D eigenvalue weighted by Gasteiger charge is 2.12. The highest BCUT2D eigenvalue weighted by molar-refractivity contribution is 6.37. The van der Waals surface area contributed by atoms with Gasteiger partial charge in [0.05, 0.1) is 17.5 Å². The van der Waals surface area contributed by atoms with Crippen LogP contribution >= 0.6 is 11.6 Å². The number of fused-ring (bicyclic) bond motifs is 3. The van der Waals surface area contributed by atoms with Crippen molar-refractivity contribution < 1.29 is 14.3 Å². The van der Waals surface area contributed by atoms with Crippen LogP contribution in [0, 0.1) is 0 Å². The van der Waals surface area contributed by atoms with Crippen molar-refractivity contribution in [1.82, 2.24) is 0 Å². The summed E-state index contributed by atoms with van der Waals surface area (Å²) >= 11 is 6.13. The second kappa shape index (κ2) is 4.17. The van der Waals surface area contributed by atoms with Crippen molar-refractivity contribution in [1.29, 1.82) is 0 Å². The van der Waals surface area contributed by atoms with Gasteiger partial charge in [0, 0.05) is 16.8 Å². The Morgan fingerprint density at radius 1 is 1.21 bits per heavy atom. The maximum Gasteiger partial charge on any atom is 0.344 e. The lowest BCUT2D eigenvalue weighted by molar-refractivity contribution is 0.415. The van der Waals surface area contributed by atoms with Gasteiger partial charge in [0.2, 0.25) is 0 Å². The molecule has 0 radical (unpaired) electrons. The number of hydrogen-bond donors (Lipinski definition) is 1. The van der Waals surface area contributed by atoms with E-state index < -0.39 is 5.63 Å². The number of hydrogen-bond acceptors (Lipinski definition) is 4. The van der Waals surface area contributed by atoms with E-state index in [2.05, 4.69) is 0 Å². The predicted molar refractivity (Wildman–Crippen MR) is 73.2 cm³/mol. The van der Waals surface area contributed by atoms with Crippen molar-refractivity contribution >= 4 is 33.3 Å². The first-order valence-corrected chi connectivity index (χ1v) is 5.91. The lowest BCUT2D eigenvalue weighted by Crippen LogP contribution is -2.00. The molecule has 0 aliphatic carbocycles. The number of halogens is 1. The van der Waals surface area contributed by atoms with Gasteiger partial charge in [-0.15, -0.1) is 0 Å². The van der Waals surface area contributed by atoms with Crippen LogP contribution in [0.4, 0.5) is 0 Å². The van der Waals surface area contributed by atoms with Crippen LogP contribution in [0.5, 0.6) is 11.5 Å². The molecule has 0 bridgehead atoms. The van der Waals surface area contributed by atoms with Crippen LogP contribution in [0.25, 0.3) is 21.7 Å². The second-order valence-electron chi connectivity index (χ2n) is 4.10. The highest BCUT2D eigenvalue weighted by Crippen LogP contribution is 2.34. The van der Waals surface area contributed by atoms with Gasteiger partial charge in [0.25, 0.3) is 0 Å². The maximum absolute atomic E-state index is 11.9. The molecular weight excluding hydrogens is 268 g/mol. The summed E-state index contributed by atoms with van der Waals surface area (Å²) in [6.07, 6.45) is 0. The topological polar surface area (TPSA) is 59.7 Å². The molecule has 19 heavy (non-hydrogen) atoms. The summed E-state index contributed by atoms with van der Waals surface area (Å²) in [7, 11) is 1.54. The van der Waals surface area contributed by atoms with Crippen molar-refractivity contribution in [2.75, 3.05) is 7.11 Å². The average Bonchev–Trinajstić information content (AvgIpc) is 2.37. The average molecular weight is 277 g/mol. The lowest BCUT2D eigenvalue weighted by Gasteiger charge is -2.07. The smallest absolute Gasteiger partial charge is 0.344 e. The van der Waals surface area contributed by atoms with Crippen LogP contribution in [0.15, 0.2) is 39.5 Å². The van der Waals surface area contributed by atoms with Crippen LogP contribution in [0.3, 0.4) is 0 Å². The normalized spacial score (nSPS) is 11.1. The lowest BCUT2D eigenvalue weighted by atomic mass is 10.1. The van der Waals surface area contributed by atoms with E-state index in [4.69, 9.17) is 20.8 Å². The summed E-state index contributed by atoms with van der Waals surface area (Å²) in [5, 5.41) is 11.4. The van der Waals surface area contributed by atoms with Crippen molar-refractivity contribution in [2.24, 2.45) is 0 Å². The van der Waals surface area contributed by atoms with Gasteiger partial charge in [-0.2, -0.15) is 0 Å². The van der Waals surface area contributed by atoms with Crippen LogP contribution < -0.4 is 10.4 Å². The molecule has 0 atom stereocenters. The standard InChI is InChI=1S/C14H9ClO4/c1-18-8-2-3-9-10(6-8)13-11(15)4-7(16)5-12(13)19-14(9)17/h2-6,16H,1H3. The zero-order valence-corrected chi connectivity index (χ0v) is 10.7. The maximum atomic E-state index is 11.9. The number of rotatable bonds is 1. The Bertz CT molecular complexity index is 851. The third kappa shape index (κ3) is 1.81. The fourth-order valence-electron chi connectivity index (χ4n) is 2.10. The van der Waals surface area contributed by atoms with Crippen LogP contribution in [0.2, 0.25) is 5.02 Å². The zero-order chi connectivity index (χ0) is 13.6. The fourth-order valence-corrected chi connectivity index (χ4v) is 2.41. The summed E-state index contributed by atoms with van der Waals surface area (Å²) in [5.41, 5.74) is -0.234. The fraction of sp³-hybridized carbons (Fsp3) is 0.0714. The number of phenols is 1. The molecule has 0 unspecified atom stereocenters. The van der Waals surface area contributed by atoms with Crippen molar-refractivity contribution in [3.63, 3.8) is 0 Å². The number of ether oxygens (including phenoxy) is 1. The first-order chi connectivity index (χ1) is 9.10. The SMILES string of the molecule is COc1ccc2c(=O)oc3cc(O)cc(Cl)c3c2c1. The molecule has 3 rings (SSSR count). The Labute approximate surface area is 112 Å². The number of benzene rings is 2. The van der Waals surface area contributed by atoms with E-state index in [-0.39, 0.29) is 11.3 Å². The molecule has 4 nitrogen and oxygen atoms in total. The van der Waals surface area contributed by atoms with Gasteiger partial charge in [-0.25, -0.2) is 4.79 Å². The molecule has 0 fully saturated rings. The second-order valence-corrected chi connectivity index (χ2v) is 4.51. The molecule has 2 aromatic carbocycles. The minimum absolute atomic E-state index is 0.0529. The van der Waals surface area contributed by atoms with E-state index in [1.165, 1.54) is 12.1 Å². The van der Waals surface area contributed by atoms with E-state index in [9.17, 15) is 9.90 Å². The molecule has 0 saturated heterocycles. The van der Waals surface area contributed by atoms with Gasteiger partial charge in [0.1, 0.15) is 17.1 Å². The molecule has 0 amide bonds. The summed E-state index contributed by atoms with van der Waals surface area (Å²) in [6, 6.07) is 7.80. The molecule has 0 aliphatic heterocycles. The molecule has 5 heteroatoms. The van der Waals surface area contributed by atoms with Crippen LogP contribution in [-0.2, 0) is 0 Å². The van der Waals surface area contributed by atoms with E-state index in [1.54, 1.807) is 25.3 Å². The van der Waals surface area contributed by atoms with E-state index in [1.807, 2.05) is 0 Å². The quantitative estimate of drug-likeness (QED) is 0.547. The molecule has 0 aliphatic rings. The van der Waals surface area contributed by atoms with E-state index in [0.29, 0.717) is 26.9 Å². The molecule has 1 heterocycles. The Hall–Kier alpha value is -2.20. The minimum atomic E-state index is -0.480. The summed E-state index contributed by atoms with van der Waals surface area (Å²) < 4.78 is 10.3. The molecule has 0 saturated carbocycles. The first kappa shape index (κ1) is 11.9. The number of phenolic OH excluding ortho intramolecular Hbond substituents is 1. The zero-order valence-electron chi connectivity index (χ0n) is 9.94. The molecule has 0 spiro atoms. The van der Waals surface area contributed by atoms with E-state index in [0.717, 1.165) is 0 Å². The largest absolute Gasteiger partial charge is 0.508 e. The molecule has 96 valence electrons. The van der Waals surface area contributed by atoms with Gasteiger partial charge in [-0.3, -0.25) is 0 Å². The van der Waals surface area contributed by atoms with Gasteiger partial charge in [0.15, 0.2) is 0 Å². The summed E-state index contributed by atoms with van der Waals surface area (Å²) in [6.45, 7) is 0. The third-order valence-electron chi connectivity index (χ3n) is 2.96. The predicted octanol–water partition coefficient (Wildman–Crippen LogP) is 3.31. The third-order valence-corrected chi connectivity index (χ3v) is 3.26. The van der Waals surface area contributed by atoms with Gasteiger partial charge < -0.3 is 14.3 Å².